The van der Waals surface area contributed by atoms with Gasteiger partial charge in [0.1, 0.15) is 12.0 Å². The summed E-state index contributed by atoms with van der Waals surface area (Å²) in [6, 6.07) is 1.56. The molecule has 0 aliphatic heterocycles. The number of carboxylic acids is 1. The summed E-state index contributed by atoms with van der Waals surface area (Å²) < 4.78 is 4.24. The van der Waals surface area contributed by atoms with Crippen molar-refractivity contribution in [2.24, 2.45) is 0 Å². The van der Waals surface area contributed by atoms with Gasteiger partial charge in [-0.05, 0) is 28.9 Å². The Bertz CT molecular complexity index is 546. The van der Waals surface area contributed by atoms with Crippen LogP contribution in [0.5, 0.6) is 0 Å². The SMILES string of the molecule is CCn1cnnc1Cn1cc(Br)cc1C(=O)O. The van der Waals surface area contributed by atoms with E-state index in [0.29, 0.717) is 6.54 Å². The highest BCUT2D eigenvalue weighted by Gasteiger charge is 2.13. The van der Waals surface area contributed by atoms with Crippen molar-refractivity contribution < 1.29 is 9.90 Å². The molecule has 17 heavy (non-hydrogen) atoms. The third-order valence-electron chi connectivity index (χ3n) is 2.43. The molecule has 0 unspecified atom stereocenters. The van der Waals surface area contributed by atoms with Crippen LogP contribution in [-0.4, -0.2) is 30.4 Å². The minimum absolute atomic E-state index is 0.225. The lowest BCUT2D eigenvalue weighted by atomic mass is 10.4. The number of hydrogen-bond acceptors (Lipinski definition) is 3. The molecule has 2 aromatic heterocycles. The summed E-state index contributed by atoms with van der Waals surface area (Å²) >= 11 is 3.26. The molecule has 0 spiro atoms. The van der Waals surface area contributed by atoms with Crippen molar-refractivity contribution in [1.82, 2.24) is 19.3 Å². The van der Waals surface area contributed by atoms with Gasteiger partial charge in [0.05, 0.1) is 6.54 Å². The van der Waals surface area contributed by atoms with Crippen LogP contribution in [0.4, 0.5) is 0 Å². The molecule has 90 valence electrons. The Morgan fingerprint density at radius 2 is 2.29 bits per heavy atom. The van der Waals surface area contributed by atoms with Crippen molar-refractivity contribution in [3.05, 3.63) is 34.6 Å². The normalized spacial score (nSPS) is 10.7. The smallest absolute Gasteiger partial charge is 0.352 e. The molecule has 0 aliphatic rings. The summed E-state index contributed by atoms with van der Waals surface area (Å²) in [7, 11) is 0. The summed E-state index contributed by atoms with van der Waals surface area (Å²) in [5.41, 5.74) is 0.225. The Hall–Kier alpha value is -1.63. The molecule has 0 saturated carbocycles. The van der Waals surface area contributed by atoms with Crippen LogP contribution < -0.4 is 0 Å². The number of hydrogen-bond donors (Lipinski definition) is 1. The van der Waals surface area contributed by atoms with Crippen LogP contribution in [0.1, 0.15) is 23.2 Å². The largest absolute Gasteiger partial charge is 0.477 e. The third kappa shape index (κ3) is 2.38. The van der Waals surface area contributed by atoms with E-state index in [2.05, 4.69) is 26.1 Å². The summed E-state index contributed by atoms with van der Waals surface area (Å²) in [6.07, 6.45) is 3.35. The van der Waals surface area contributed by atoms with Crippen LogP contribution in [0.2, 0.25) is 0 Å². The first-order valence-electron chi connectivity index (χ1n) is 5.07. The van der Waals surface area contributed by atoms with E-state index in [-0.39, 0.29) is 5.69 Å². The first kappa shape index (κ1) is 11.8. The second-order valence-corrected chi connectivity index (χ2v) is 4.43. The van der Waals surface area contributed by atoms with E-state index in [1.807, 2.05) is 11.5 Å². The number of aromatic carboxylic acids is 1. The molecule has 0 bridgehead atoms. The van der Waals surface area contributed by atoms with Crippen molar-refractivity contribution in [3.8, 4) is 0 Å². The van der Waals surface area contributed by atoms with Crippen LogP contribution in [0.15, 0.2) is 23.1 Å². The van der Waals surface area contributed by atoms with Crippen molar-refractivity contribution in [1.29, 1.82) is 0 Å². The Morgan fingerprint density at radius 1 is 1.53 bits per heavy atom. The minimum atomic E-state index is -0.960. The number of carboxylic acid groups (broad SMARTS) is 1. The average molecular weight is 299 g/mol. The van der Waals surface area contributed by atoms with Gasteiger partial charge in [0.2, 0.25) is 0 Å². The van der Waals surface area contributed by atoms with E-state index < -0.39 is 5.97 Å². The van der Waals surface area contributed by atoms with Crippen LogP contribution in [0, 0.1) is 0 Å². The topological polar surface area (TPSA) is 72.9 Å². The number of aromatic nitrogens is 4. The molecular weight excluding hydrogens is 288 g/mol. The van der Waals surface area contributed by atoms with Gasteiger partial charge in [-0.2, -0.15) is 0 Å². The van der Waals surface area contributed by atoms with Gasteiger partial charge in [-0.3, -0.25) is 0 Å². The predicted octanol–water partition coefficient (Wildman–Crippen LogP) is 1.61. The molecule has 7 heteroatoms. The van der Waals surface area contributed by atoms with E-state index in [1.54, 1.807) is 23.2 Å². The fraction of sp³-hybridized carbons (Fsp3) is 0.300. The molecule has 0 aromatic carbocycles. The number of aryl methyl sites for hydroxylation is 1. The van der Waals surface area contributed by atoms with Crippen molar-refractivity contribution >= 4 is 21.9 Å². The van der Waals surface area contributed by atoms with Gasteiger partial charge in [0, 0.05) is 17.2 Å². The van der Waals surface area contributed by atoms with Gasteiger partial charge in [-0.1, -0.05) is 0 Å². The number of rotatable bonds is 4. The molecule has 2 aromatic rings. The minimum Gasteiger partial charge on any atom is -0.477 e. The lowest BCUT2D eigenvalue weighted by Gasteiger charge is -2.06. The fourth-order valence-electron chi connectivity index (χ4n) is 1.60. The zero-order chi connectivity index (χ0) is 12.4. The van der Waals surface area contributed by atoms with Crippen molar-refractivity contribution in [2.75, 3.05) is 0 Å². The fourth-order valence-corrected chi connectivity index (χ4v) is 2.07. The maximum atomic E-state index is 11.0. The van der Waals surface area contributed by atoms with E-state index >= 15 is 0 Å². The van der Waals surface area contributed by atoms with Gasteiger partial charge in [0.25, 0.3) is 0 Å². The molecule has 1 N–H and O–H groups in total. The lowest BCUT2D eigenvalue weighted by Crippen LogP contribution is -2.12. The molecule has 2 rings (SSSR count). The standard InChI is InChI=1S/C10H11BrN4O2/c1-2-14-6-12-13-9(14)5-15-4-7(11)3-8(15)10(16)17/h3-4,6H,2,5H2,1H3,(H,16,17). The molecular formula is C10H11BrN4O2. The number of nitrogens with zero attached hydrogens (tertiary/aromatic N) is 4. The molecule has 6 nitrogen and oxygen atoms in total. The number of halogens is 1. The highest BCUT2D eigenvalue weighted by atomic mass is 79.9. The van der Waals surface area contributed by atoms with Gasteiger partial charge in [-0.25, -0.2) is 4.79 Å². The van der Waals surface area contributed by atoms with E-state index in [9.17, 15) is 4.79 Å². The molecule has 0 saturated heterocycles. The first-order valence-corrected chi connectivity index (χ1v) is 5.86. The summed E-state index contributed by atoms with van der Waals surface area (Å²) in [5.74, 6) is -0.226. The van der Waals surface area contributed by atoms with Crippen LogP contribution in [-0.2, 0) is 13.1 Å². The average Bonchev–Trinajstić information content (AvgIpc) is 2.85. The highest BCUT2D eigenvalue weighted by molar-refractivity contribution is 9.10. The van der Waals surface area contributed by atoms with E-state index in [4.69, 9.17) is 5.11 Å². The predicted molar refractivity (Wildman–Crippen MR) is 63.9 cm³/mol. The van der Waals surface area contributed by atoms with Crippen LogP contribution in [0.3, 0.4) is 0 Å². The Balaban J connectivity index is 2.33. The van der Waals surface area contributed by atoms with Crippen LogP contribution in [0.25, 0.3) is 0 Å². The van der Waals surface area contributed by atoms with E-state index in [0.717, 1.165) is 16.8 Å². The highest BCUT2D eigenvalue weighted by Crippen LogP contribution is 2.16. The molecule has 0 radical (unpaired) electrons. The van der Waals surface area contributed by atoms with Gasteiger partial charge in [0.15, 0.2) is 5.82 Å². The summed E-state index contributed by atoms with van der Waals surface area (Å²) in [4.78, 5) is 11.0. The molecule has 0 atom stereocenters. The monoisotopic (exact) mass is 298 g/mol. The molecule has 0 aliphatic carbocycles. The quantitative estimate of drug-likeness (QED) is 0.931. The lowest BCUT2D eigenvalue weighted by molar-refractivity contribution is 0.0685. The first-order chi connectivity index (χ1) is 8.11. The van der Waals surface area contributed by atoms with Crippen molar-refractivity contribution in [3.63, 3.8) is 0 Å². The molecule has 2 heterocycles. The summed E-state index contributed by atoms with van der Waals surface area (Å²) in [6.45, 7) is 3.13. The maximum absolute atomic E-state index is 11.0. The molecule has 0 amide bonds. The maximum Gasteiger partial charge on any atom is 0.352 e. The van der Waals surface area contributed by atoms with Gasteiger partial charge >= 0.3 is 5.97 Å². The second kappa shape index (κ2) is 4.70. The zero-order valence-corrected chi connectivity index (χ0v) is 10.8. The van der Waals surface area contributed by atoms with Crippen LogP contribution >= 0.6 is 15.9 Å². The number of carbonyl (C=O) groups is 1. The van der Waals surface area contributed by atoms with Gasteiger partial charge < -0.3 is 14.2 Å². The van der Waals surface area contributed by atoms with Crippen molar-refractivity contribution in [2.45, 2.75) is 20.0 Å². The Labute approximate surface area is 106 Å². The zero-order valence-electron chi connectivity index (χ0n) is 9.17. The Kier molecular flexibility index (Phi) is 3.28. The Morgan fingerprint density at radius 3 is 2.94 bits per heavy atom. The van der Waals surface area contributed by atoms with Gasteiger partial charge in [-0.15, -0.1) is 10.2 Å². The molecule has 0 fully saturated rings. The van der Waals surface area contributed by atoms with E-state index in [1.165, 1.54) is 0 Å². The third-order valence-corrected chi connectivity index (χ3v) is 2.86. The summed E-state index contributed by atoms with van der Waals surface area (Å²) in [5, 5.41) is 16.8. The second-order valence-electron chi connectivity index (χ2n) is 3.51.